The lowest BCUT2D eigenvalue weighted by Crippen LogP contribution is -2.33. The lowest BCUT2D eigenvalue weighted by molar-refractivity contribution is -0.122. The number of benzene rings is 2. The zero-order valence-electron chi connectivity index (χ0n) is 15.5. The molecule has 0 unspecified atom stereocenters. The number of amides is 1. The van der Waals surface area contributed by atoms with E-state index < -0.39 is 6.10 Å². The molecule has 0 aliphatic heterocycles. The maximum absolute atomic E-state index is 12.7. The monoisotopic (exact) mass is 340 g/mol. The number of nitrogen functional groups attached to an aromatic ring is 1. The average molecular weight is 340 g/mol. The van der Waals surface area contributed by atoms with E-state index in [-0.39, 0.29) is 5.91 Å². The molecule has 134 valence electrons. The first-order chi connectivity index (χ1) is 12.0. The zero-order valence-corrected chi connectivity index (χ0v) is 15.5. The molecule has 0 heterocycles. The van der Waals surface area contributed by atoms with Crippen LogP contribution in [0, 0.1) is 6.92 Å². The van der Waals surface area contributed by atoms with Gasteiger partial charge in [-0.1, -0.05) is 45.0 Å². The maximum Gasteiger partial charge on any atom is 0.265 e. The van der Waals surface area contributed by atoms with Gasteiger partial charge >= 0.3 is 0 Å². The fourth-order valence-corrected chi connectivity index (χ4v) is 2.68. The molecule has 0 aliphatic carbocycles. The number of carbonyl (C=O) groups excluding carboxylic acids is 1. The van der Waals surface area contributed by atoms with E-state index in [1.807, 2.05) is 44.2 Å². The Morgan fingerprint density at radius 2 is 1.88 bits per heavy atom. The molecule has 3 N–H and O–H groups in total. The van der Waals surface area contributed by atoms with E-state index in [4.69, 9.17) is 10.5 Å². The van der Waals surface area contributed by atoms with Crippen LogP contribution in [-0.2, 0) is 4.79 Å². The summed E-state index contributed by atoms with van der Waals surface area (Å²) < 4.78 is 6.08. The molecule has 2 rings (SSSR count). The largest absolute Gasteiger partial charge is 0.480 e. The first kappa shape index (κ1) is 18.8. The van der Waals surface area contributed by atoms with Crippen molar-refractivity contribution in [3.8, 4) is 5.75 Å². The summed E-state index contributed by atoms with van der Waals surface area (Å²) in [5.41, 5.74) is 9.27. The summed E-state index contributed by atoms with van der Waals surface area (Å²) in [6.45, 7) is 8.20. The topological polar surface area (TPSA) is 64.3 Å². The zero-order chi connectivity index (χ0) is 18.4. The van der Waals surface area contributed by atoms with E-state index in [1.165, 1.54) is 0 Å². The highest BCUT2D eigenvalue weighted by molar-refractivity contribution is 5.95. The van der Waals surface area contributed by atoms with Gasteiger partial charge in [0.1, 0.15) is 5.75 Å². The van der Waals surface area contributed by atoms with Crippen molar-refractivity contribution in [3.05, 3.63) is 53.6 Å². The standard InChI is InChI=1S/C21H28N2O2/c1-5-14(3)17-9-7-8-10-20(17)25-19(6-2)21(24)23-18-13-16(22)12-11-15(18)4/h7-14,19H,5-6,22H2,1-4H3,(H,23,24)/t14-,19-/m0/s1. The van der Waals surface area contributed by atoms with Crippen LogP contribution in [0.15, 0.2) is 42.5 Å². The minimum Gasteiger partial charge on any atom is -0.480 e. The van der Waals surface area contributed by atoms with Crippen LogP contribution in [0.2, 0.25) is 0 Å². The van der Waals surface area contributed by atoms with Crippen molar-refractivity contribution < 1.29 is 9.53 Å². The van der Waals surface area contributed by atoms with Crippen molar-refractivity contribution in [2.24, 2.45) is 0 Å². The van der Waals surface area contributed by atoms with Gasteiger partial charge in [-0.2, -0.15) is 0 Å². The normalized spacial score (nSPS) is 13.1. The molecule has 0 saturated carbocycles. The van der Waals surface area contributed by atoms with Crippen LogP contribution < -0.4 is 15.8 Å². The van der Waals surface area contributed by atoms with Crippen molar-refractivity contribution in [2.75, 3.05) is 11.1 Å². The number of rotatable bonds is 7. The molecular formula is C21H28N2O2. The third-order valence-electron chi connectivity index (χ3n) is 4.51. The molecule has 0 aromatic heterocycles. The van der Waals surface area contributed by atoms with Crippen LogP contribution in [0.5, 0.6) is 5.75 Å². The Labute approximate surface area is 150 Å². The molecular weight excluding hydrogens is 312 g/mol. The van der Waals surface area contributed by atoms with Crippen molar-refractivity contribution in [2.45, 2.75) is 52.6 Å². The average Bonchev–Trinajstić information content (AvgIpc) is 2.62. The third kappa shape index (κ3) is 4.75. The van der Waals surface area contributed by atoms with Gasteiger partial charge in [0.15, 0.2) is 6.10 Å². The number of nitrogens with one attached hydrogen (secondary N) is 1. The minimum absolute atomic E-state index is 0.157. The summed E-state index contributed by atoms with van der Waals surface area (Å²) >= 11 is 0. The Morgan fingerprint density at radius 3 is 2.56 bits per heavy atom. The van der Waals surface area contributed by atoms with E-state index in [0.29, 0.717) is 18.0 Å². The summed E-state index contributed by atoms with van der Waals surface area (Å²) in [6, 6.07) is 13.4. The molecule has 0 aliphatic rings. The number of hydrogen-bond donors (Lipinski definition) is 2. The molecule has 25 heavy (non-hydrogen) atoms. The van der Waals surface area contributed by atoms with E-state index in [1.54, 1.807) is 6.07 Å². The van der Waals surface area contributed by atoms with Gasteiger partial charge < -0.3 is 15.8 Å². The maximum atomic E-state index is 12.7. The van der Waals surface area contributed by atoms with Crippen LogP contribution in [0.3, 0.4) is 0 Å². The van der Waals surface area contributed by atoms with Gasteiger partial charge in [-0.3, -0.25) is 4.79 Å². The molecule has 0 bridgehead atoms. The number of aryl methyl sites for hydroxylation is 1. The summed E-state index contributed by atoms with van der Waals surface area (Å²) in [6.07, 6.45) is 1.06. The number of ether oxygens (including phenoxy) is 1. The number of para-hydroxylation sites is 1. The highest BCUT2D eigenvalue weighted by atomic mass is 16.5. The highest BCUT2D eigenvalue weighted by Gasteiger charge is 2.21. The molecule has 0 fully saturated rings. The third-order valence-corrected chi connectivity index (χ3v) is 4.51. The van der Waals surface area contributed by atoms with Crippen LogP contribution in [0.4, 0.5) is 11.4 Å². The van der Waals surface area contributed by atoms with Gasteiger partial charge in [0.25, 0.3) is 5.91 Å². The van der Waals surface area contributed by atoms with Crippen molar-refractivity contribution >= 4 is 17.3 Å². The summed E-state index contributed by atoms with van der Waals surface area (Å²) in [7, 11) is 0. The molecule has 0 radical (unpaired) electrons. The molecule has 4 heteroatoms. The molecule has 2 aromatic rings. The minimum atomic E-state index is -0.550. The van der Waals surface area contributed by atoms with Gasteiger partial charge in [0, 0.05) is 11.4 Å². The molecule has 4 nitrogen and oxygen atoms in total. The summed E-state index contributed by atoms with van der Waals surface area (Å²) in [4.78, 5) is 12.7. The second-order valence-corrected chi connectivity index (χ2v) is 6.43. The first-order valence-electron chi connectivity index (χ1n) is 8.88. The van der Waals surface area contributed by atoms with Crippen molar-refractivity contribution in [1.82, 2.24) is 0 Å². The van der Waals surface area contributed by atoms with Gasteiger partial charge in [0.2, 0.25) is 0 Å². The van der Waals surface area contributed by atoms with Gasteiger partial charge in [-0.25, -0.2) is 0 Å². The summed E-state index contributed by atoms with van der Waals surface area (Å²) in [5.74, 6) is 1.01. The lowest BCUT2D eigenvalue weighted by Gasteiger charge is -2.21. The fraction of sp³-hybridized carbons (Fsp3) is 0.381. The van der Waals surface area contributed by atoms with Crippen LogP contribution >= 0.6 is 0 Å². The Bertz CT molecular complexity index is 728. The first-order valence-corrected chi connectivity index (χ1v) is 8.88. The molecule has 0 saturated heterocycles. The molecule has 1 amide bonds. The predicted octanol–water partition coefficient (Wildman–Crippen LogP) is 4.89. The van der Waals surface area contributed by atoms with Crippen LogP contribution in [0.25, 0.3) is 0 Å². The van der Waals surface area contributed by atoms with Gasteiger partial charge in [-0.15, -0.1) is 0 Å². The van der Waals surface area contributed by atoms with Crippen molar-refractivity contribution in [1.29, 1.82) is 0 Å². The second-order valence-electron chi connectivity index (χ2n) is 6.43. The van der Waals surface area contributed by atoms with Crippen LogP contribution in [-0.4, -0.2) is 12.0 Å². The molecule has 0 spiro atoms. The van der Waals surface area contributed by atoms with Gasteiger partial charge in [-0.05, 0) is 55.0 Å². The van der Waals surface area contributed by atoms with Crippen molar-refractivity contribution in [3.63, 3.8) is 0 Å². The number of carbonyl (C=O) groups is 1. The smallest absolute Gasteiger partial charge is 0.265 e. The predicted molar refractivity (Wildman–Crippen MR) is 104 cm³/mol. The second kappa shape index (κ2) is 8.56. The van der Waals surface area contributed by atoms with E-state index in [2.05, 4.69) is 25.2 Å². The lowest BCUT2D eigenvalue weighted by atomic mass is 9.98. The van der Waals surface area contributed by atoms with Crippen LogP contribution in [0.1, 0.15) is 50.7 Å². The van der Waals surface area contributed by atoms with E-state index in [9.17, 15) is 4.79 Å². The van der Waals surface area contributed by atoms with Gasteiger partial charge in [0.05, 0.1) is 0 Å². The summed E-state index contributed by atoms with van der Waals surface area (Å²) in [5, 5.41) is 2.94. The molecule has 2 atom stereocenters. The Kier molecular flexibility index (Phi) is 6.45. The van der Waals surface area contributed by atoms with E-state index >= 15 is 0 Å². The number of anilines is 2. The number of hydrogen-bond acceptors (Lipinski definition) is 3. The Balaban J connectivity index is 2.17. The fourth-order valence-electron chi connectivity index (χ4n) is 2.68. The molecule has 2 aromatic carbocycles. The Morgan fingerprint density at radius 1 is 1.16 bits per heavy atom. The Hall–Kier alpha value is -2.49. The highest BCUT2D eigenvalue weighted by Crippen LogP contribution is 2.29. The number of nitrogens with two attached hydrogens (primary N) is 1. The van der Waals surface area contributed by atoms with E-state index in [0.717, 1.165) is 29.0 Å². The SMILES string of the molecule is CC[C@H](Oc1ccccc1[C@@H](C)CC)C(=O)Nc1cc(N)ccc1C. The quantitative estimate of drug-likeness (QED) is 0.706.